The maximum atomic E-state index is 13.2. The Kier molecular flexibility index (Phi) is 5.68. The number of pyridine rings is 1. The van der Waals surface area contributed by atoms with Crippen molar-refractivity contribution in [3.63, 3.8) is 0 Å². The number of carbonyl (C=O) groups is 2. The molecular weight excluding hydrogens is 342 g/mol. The summed E-state index contributed by atoms with van der Waals surface area (Å²) in [5.74, 6) is -2.20. The van der Waals surface area contributed by atoms with Crippen molar-refractivity contribution in [1.29, 1.82) is 0 Å². The Balaban J connectivity index is 1.88. The Morgan fingerprint density at radius 2 is 1.88 bits per heavy atom. The zero-order valence-corrected chi connectivity index (χ0v) is 12.7. The predicted octanol–water partition coefficient (Wildman–Crippen LogP) is 2.29. The van der Waals surface area contributed by atoms with Crippen molar-refractivity contribution < 1.29 is 27.2 Å². The molecule has 2 aromatic rings. The molecule has 0 saturated heterocycles. The standard InChI is InChI=1S/C16H13F4N3O2/c17-13-5-10(4-12(6-13)16(18,19)20)7-22-14(24)9-23-15(25)11-2-1-3-21-8-11/h1-6,8H,7,9H2,(H,22,24)(H,23,25). The van der Waals surface area contributed by atoms with E-state index in [2.05, 4.69) is 15.6 Å². The summed E-state index contributed by atoms with van der Waals surface area (Å²) in [6, 6.07) is 5.07. The molecule has 1 aromatic heterocycles. The van der Waals surface area contributed by atoms with Gasteiger partial charge in [-0.2, -0.15) is 13.2 Å². The summed E-state index contributed by atoms with van der Waals surface area (Å²) in [6.45, 7) is -0.683. The minimum Gasteiger partial charge on any atom is -0.350 e. The van der Waals surface area contributed by atoms with E-state index >= 15 is 0 Å². The van der Waals surface area contributed by atoms with E-state index in [1.807, 2.05) is 0 Å². The number of aromatic nitrogens is 1. The number of carbonyl (C=O) groups excluding carboxylic acids is 2. The number of hydrogen-bond donors (Lipinski definition) is 2. The van der Waals surface area contributed by atoms with E-state index in [4.69, 9.17) is 0 Å². The Labute approximate surface area is 140 Å². The Hall–Kier alpha value is -2.97. The highest BCUT2D eigenvalue weighted by molar-refractivity contribution is 5.96. The fourth-order valence-corrected chi connectivity index (χ4v) is 1.94. The lowest BCUT2D eigenvalue weighted by atomic mass is 10.1. The average Bonchev–Trinajstić information content (AvgIpc) is 2.57. The Morgan fingerprint density at radius 1 is 1.12 bits per heavy atom. The third kappa shape index (κ3) is 5.55. The molecule has 1 heterocycles. The maximum Gasteiger partial charge on any atom is 0.416 e. The van der Waals surface area contributed by atoms with Crippen molar-refractivity contribution in [2.24, 2.45) is 0 Å². The van der Waals surface area contributed by atoms with Gasteiger partial charge in [-0.25, -0.2) is 4.39 Å². The van der Waals surface area contributed by atoms with Crippen LogP contribution in [0.25, 0.3) is 0 Å². The van der Waals surface area contributed by atoms with Crippen molar-refractivity contribution in [2.45, 2.75) is 12.7 Å². The van der Waals surface area contributed by atoms with E-state index in [0.717, 1.165) is 12.1 Å². The second kappa shape index (κ2) is 7.73. The van der Waals surface area contributed by atoms with Crippen molar-refractivity contribution in [1.82, 2.24) is 15.6 Å². The van der Waals surface area contributed by atoms with Crippen LogP contribution in [0.2, 0.25) is 0 Å². The molecule has 0 aliphatic carbocycles. The number of benzene rings is 1. The first-order valence-corrected chi connectivity index (χ1v) is 7.07. The monoisotopic (exact) mass is 355 g/mol. The molecule has 0 unspecified atom stereocenters. The highest BCUT2D eigenvalue weighted by Gasteiger charge is 2.31. The fourth-order valence-electron chi connectivity index (χ4n) is 1.94. The van der Waals surface area contributed by atoms with Crippen LogP contribution >= 0.6 is 0 Å². The topological polar surface area (TPSA) is 71.1 Å². The summed E-state index contributed by atoms with van der Waals surface area (Å²) in [5, 5.41) is 4.65. The number of alkyl halides is 3. The van der Waals surface area contributed by atoms with Gasteiger partial charge in [0.05, 0.1) is 17.7 Å². The van der Waals surface area contributed by atoms with Crippen LogP contribution in [-0.4, -0.2) is 23.3 Å². The van der Waals surface area contributed by atoms with Gasteiger partial charge in [0.25, 0.3) is 5.91 Å². The van der Waals surface area contributed by atoms with Gasteiger partial charge in [0.2, 0.25) is 5.91 Å². The van der Waals surface area contributed by atoms with E-state index in [-0.39, 0.29) is 24.2 Å². The number of amides is 2. The molecule has 5 nitrogen and oxygen atoms in total. The van der Waals surface area contributed by atoms with Crippen LogP contribution in [0.3, 0.4) is 0 Å². The lowest BCUT2D eigenvalue weighted by Crippen LogP contribution is -2.36. The van der Waals surface area contributed by atoms with Gasteiger partial charge in [-0.05, 0) is 35.9 Å². The first kappa shape index (κ1) is 18.4. The smallest absolute Gasteiger partial charge is 0.350 e. The molecular formula is C16H13F4N3O2. The number of halogens is 4. The molecule has 0 radical (unpaired) electrons. The minimum absolute atomic E-state index is 0.0424. The molecule has 0 bridgehead atoms. The normalized spacial score (nSPS) is 11.0. The van der Waals surface area contributed by atoms with Crippen LogP contribution in [0.1, 0.15) is 21.5 Å². The summed E-state index contributed by atoms with van der Waals surface area (Å²) >= 11 is 0. The molecule has 9 heteroatoms. The Bertz CT molecular complexity index is 764. The summed E-state index contributed by atoms with van der Waals surface area (Å²) in [5.41, 5.74) is -0.920. The van der Waals surface area contributed by atoms with Crippen molar-refractivity contribution in [3.8, 4) is 0 Å². The van der Waals surface area contributed by atoms with Crippen LogP contribution in [0.15, 0.2) is 42.7 Å². The molecule has 0 fully saturated rings. The van der Waals surface area contributed by atoms with Gasteiger partial charge in [-0.15, -0.1) is 0 Å². The van der Waals surface area contributed by atoms with Gasteiger partial charge >= 0.3 is 6.18 Å². The van der Waals surface area contributed by atoms with Crippen molar-refractivity contribution in [2.75, 3.05) is 6.54 Å². The van der Waals surface area contributed by atoms with Crippen LogP contribution in [-0.2, 0) is 17.5 Å². The second-order valence-electron chi connectivity index (χ2n) is 5.05. The van der Waals surface area contributed by atoms with Crippen LogP contribution in [0.5, 0.6) is 0 Å². The summed E-state index contributed by atoms with van der Waals surface area (Å²) in [7, 11) is 0. The molecule has 2 amide bonds. The molecule has 0 aliphatic heterocycles. The lowest BCUT2D eigenvalue weighted by Gasteiger charge is -2.10. The van der Waals surface area contributed by atoms with E-state index < -0.39 is 29.4 Å². The van der Waals surface area contributed by atoms with Crippen LogP contribution < -0.4 is 10.6 Å². The largest absolute Gasteiger partial charge is 0.416 e. The molecule has 132 valence electrons. The molecule has 0 aliphatic rings. The number of nitrogens with one attached hydrogen (secondary N) is 2. The van der Waals surface area contributed by atoms with Crippen molar-refractivity contribution >= 4 is 11.8 Å². The highest BCUT2D eigenvalue weighted by atomic mass is 19.4. The van der Waals surface area contributed by atoms with Gasteiger partial charge in [0, 0.05) is 18.9 Å². The average molecular weight is 355 g/mol. The number of rotatable bonds is 5. The first-order valence-electron chi connectivity index (χ1n) is 7.07. The zero-order valence-electron chi connectivity index (χ0n) is 12.7. The first-order chi connectivity index (χ1) is 11.8. The van der Waals surface area contributed by atoms with Crippen molar-refractivity contribution in [3.05, 3.63) is 65.2 Å². The molecule has 2 rings (SSSR count). The quantitative estimate of drug-likeness (QED) is 0.809. The number of hydrogen-bond acceptors (Lipinski definition) is 3. The summed E-state index contributed by atoms with van der Waals surface area (Å²) < 4.78 is 51.1. The molecule has 1 aromatic carbocycles. The van der Waals surface area contributed by atoms with Gasteiger partial charge in [0.15, 0.2) is 0 Å². The molecule has 0 spiro atoms. The van der Waals surface area contributed by atoms with Gasteiger partial charge in [0.1, 0.15) is 5.82 Å². The zero-order chi connectivity index (χ0) is 18.4. The van der Waals surface area contributed by atoms with E-state index in [1.165, 1.54) is 18.5 Å². The van der Waals surface area contributed by atoms with E-state index in [1.54, 1.807) is 6.07 Å². The van der Waals surface area contributed by atoms with Gasteiger partial charge < -0.3 is 10.6 Å². The minimum atomic E-state index is -4.68. The van der Waals surface area contributed by atoms with Gasteiger partial charge in [-0.1, -0.05) is 0 Å². The highest BCUT2D eigenvalue weighted by Crippen LogP contribution is 2.30. The fraction of sp³-hybridized carbons (Fsp3) is 0.188. The lowest BCUT2D eigenvalue weighted by molar-refractivity contribution is -0.137. The summed E-state index contributed by atoms with van der Waals surface area (Å²) in [4.78, 5) is 27.1. The molecule has 0 atom stereocenters. The molecule has 0 saturated carbocycles. The van der Waals surface area contributed by atoms with Crippen LogP contribution in [0, 0.1) is 5.82 Å². The number of nitrogens with zero attached hydrogens (tertiary/aromatic N) is 1. The second-order valence-corrected chi connectivity index (χ2v) is 5.05. The maximum absolute atomic E-state index is 13.2. The Morgan fingerprint density at radius 3 is 2.52 bits per heavy atom. The van der Waals surface area contributed by atoms with E-state index in [9.17, 15) is 27.2 Å². The third-order valence-electron chi connectivity index (χ3n) is 3.11. The predicted molar refractivity (Wildman–Crippen MR) is 79.8 cm³/mol. The van der Waals surface area contributed by atoms with Gasteiger partial charge in [-0.3, -0.25) is 14.6 Å². The van der Waals surface area contributed by atoms with Crippen LogP contribution in [0.4, 0.5) is 17.6 Å². The third-order valence-corrected chi connectivity index (χ3v) is 3.11. The molecule has 25 heavy (non-hydrogen) atoms. The SMILES string of the molecule is O=C(CNC(=O)c1cccnc1)NCc1cc(F)cc(C(F)(F)F)c1. The summed E-state index contributed by atoms with van der Waals surface area (Å²) in [6.07, 6.45) is -1.88. The molecule has 2 N–H and O–H groups in total. The van der Waals surface area contributed by atoms with E-state index in [0.29, 0.717) is 6.07 Å².